The van der Waals surface area contributed by atoms with E-state index in [1.165, 1.54) is 0 Å². The van der Waals surface area contributed by atoms with Crippen LogP contribution in [-0.2, 0) is 14.3 Å². The normalized spacial score (nSPS) is 13.5. The Morgan fingerprint density at radius 1 is 1.11 bits per heavy atom. The molecular formula is C29H36ClN3O4. The molecule has 3 atom stereocenters. The average molecular weight is 526 g/mol. The predicted molar refractivity (Wildman–Crippen MR) is 147 cm³/mol. The summed E-state index contributed by atoms with van der Waals surface area (Å²) in [5, 5.41) is 5.86. The maximum absolute atomic E-state index is 13.9. The molecule has 0 fully saturated rings. The first-order valence-corrected chi connectivity index (χ1v) is 12.6. The van der Waals surface area contributed by atoms with Crippen molar-refractivity contribution in [1.29, 1.82) is 0 Å². The summed E-state index contributed by atoms with van der Waals surface area (Å²) in [5.41, 5.74) is 1.93. The van der Waals surface area contributed by atoms with E-state index in [2.05, 4.69) is 16.7 Å². The van der Waals surface area contributed by atoms with E-state index in [1.807, 2.05) is 45.9 Å². The van der Waals surface area contributed by atoms with Crippen LogP contribution in [0.5, 0.6) is 0 Å². The van der Waals surface area contributed by atoms with Crippen LogP contribution in [0.2, 0.25) is 5.02 Å². The minimum absolute atomic E-state index is 0.289. The molecule has 3 unspecified atom stereocenters. The summed E-state index contributed by atoms with van der Waals surface area (Å²) in [5.74, 6) is -1.42. The molecule has 7 nitrogen and oxygen atoms in total. The lowest BCUT2D eigenvalue weighted by Crippen LogP contribution is -2.53. The fourth-order valence-corrected chi connectivity index (χ4v) is 3.95. The van der Waals surface area contributed by atoms with Crippen molar-refractivity contribution in [3.8, 4) is 12.5 Å². The minimum Gasteiger partial charge on any atom is -0.444 e. The van der Waals surface area contributed by atoms with Crippen molar-refractivity contribution < 1.29 is 19.1 Å². The smallest absolute Gasteiger partial charge is 0.408 e. The fourth-order valence-electron chi connectivity index (χ4n) is 3.68. The summed E-state index contributed by atoms with van der Waals surface area (Å²) in [4.78, 5) is 41.2. The van der Waals surface area contributed by atoms with Gasteiger partial charge in [0.2, 0.25) is 0 Å². The number of aryl methyl sites for hydroxylation is 2. The van der Waals surface area contributed by atoms with Crippen LogP contribution >= 0.6 is 11.6 Å². The van der Waals surface area contributed by atoms with Crippen LogP contribution in [0.3, 0.4) is 0 Å². The number of amides is 3. The quantitative estimate of drug-likeness (QED) is 0.327. The van der Waals surface area contributed by atoms with Crippen LogP contribution in [0.1, 0.15) is 63.8 Å². The first-order valence-electron chi connectivity index (χ1n) is 12.2. The Kier molecular flexibility index (Phi) is 10.2. The Bertz CT molecular complexity index is 1140. The molecule has 0 aromatic heterocycles. The highest BCUT2D eigenvalue weighted by Gasteiger charge is 2.38. The zero-order chi connectivity index (χ0) is 27.9. The van der Waals surface area contributed by atoms with Crippen LogP contribution in [0, 0.1) is 32.2 Å². The number of benzene rings is 2. The van der Waals surface area contributed by atoms with Gasteiger partial charge in [-0.3, -0.25) is 14.5 Å². The molecule has 198 valence electrons. The van der Waals surface area contributed by atoms with Crippen molar-refractivity contribution in [1.82, 2.24) is 10.2 Å². The molecule has 0 aliphatic heterocycles. The number of rotatable bonds is 8. The molecule has 0 heterocycles. The summed E-state index contributed by atoms with van der Waals surface area (Å²) in [6.45, 7) is 12.6. The zero-order valence-corrected chi connectivity index (χ0v) is 23.3. The number of hydrogen-bond donors (Lipinski definition) is 2. The Morgan fingerprint density at radius 2 is 1.73 bits per heavy atom. The number of ether oxygens (including phenoxy) is 1. The van der Waals surface area contributed by atoms with E-state index in [4.69, 9.17) is 22.8 Å². The molecule has 3 amide bonds. The highest BCUT2D eigenvalue weighted by atomic mass is 35.5. The number of anilines is 1. The van der Waals surface area contributed by atoms with Gasteiger partial charge in [0, 0.05) is 6.04 Å². The summed E-state index contributed by atoms with van der Waals surface area (Å²) < 4.78 is 5.37. The maximum Gasteiger partial charge on any atom is 0.408 e. The molecule has 2 aromatic carbocycles. The number of carbonyl (C=O) groups excluding carboxylic acids is 3. The second-order valence-corrected chi connectivity index (χ2v) is 10.5. The van der Waals surface area contributed by atoms with Crippen LogP contribution in [-0.4, -0.2) is 34.5 Å². The molecule has 0 bridgehead atoms. The van der Waals surface area contributed by atoms with Crippen LogP contribution < -0.4 is 10.6 Å². The van der Waals surface area contributed by atoms with Crippen molar-refractivity contribution in [2.24, 2.45) is 5.92 Å². The van der Waals surface area contributed by atoms with Crippen LogP contribution in [0.25, 0.3) is 0 Å². The molecular weight excluding hydrogens is 490 g/mol. The molecule has 0 aliphatic rings. The van der Waals surface area contributed by atoms with Gasteiger partial charge >= 0.3 is 6.09 Å². The second-order valence-electron chi connectivity index (χ2n) is 10.1. The fraction of sp³-hybridized carbons (Fsp3) is 0.414. The number of nitrogens with one attached hydrogen (secondary N) is 2. The number of para-hydroxylation sites is 1. The molecule has 0 aliphatic carbocycles. The van der Waals surface area contributed by atoms with E-state index < -0.39 is 35.6 Å². The molecule has 0 radical (unpaired) electrons. The SMILES string of the molecule is C#CN(C(=O)C(NC(=O)OC(C)(C)C)C(C)CC)C(C(=O)Nc1c(C)cccc1Cl)c1ccc(C)cc1. The van der Waals surface area contributed by atoms with Gasteiger partial charge in [0.1, 0.15) is 17.7 Å². The van der Waals surface area contributed by atoms with E-state index >= 15 is 0 Å². The van der Waals surface area contributed by atoms with Crippen LogP contribution in [0.4, 0.5) is 10.5 Å². The number of nitrogens with zero attached hydrogens (tertiary/aromatic N) is 1. The number of alkyl carbamates (subject to hydrolysis) is 1. The average Bonchev–Trinajstić information content (AvgIpc) is 2.82. The van der Waals surface area contributed by atoms with Crippen molar-refractivity contribution >= 4 is 35.2 Å². The molecule has 0 saturated carbocycles. The Morgan fingerprint density at radius 3 is 2.24 bits per heavy atom. The third kappa shape index (κ3) is 7.99. The van der Waals surface area contributed by atoms with Gasteiger partial charge in [0.25, 0.3) is 11.8 Å². The first-order chi connectivity index (χ1) is 17.3. The van der Waals surface area contributed by atoms with Crippen molar-refractivity contribution in [3.05, 3.63) is 64.2 Å². The predicted octanol–water partition coefficient (Wildman–Crippen LogP) is 6.00. The summed E-state index contributed by atoms with van der Waals surface area (Å²) in [6, 6.07) is 12.6. The molecule has 2 aromatic rings. The molecule has 2 rings (SSSR count). The van der Waals surface area contributed by atoms with Crippen LogP contribution in [0.15, 0.2) is 42.5 Å². The third-order valence-corrected chi connectivity index (χ3v) is 6.21. The summed E-state index contributed by atoms with van der Waals surface area (Å²) >= 11 is 6.34. The Labute approximate surface area is 224 Å². The van der Waals surface area contributed by atoms with E-state index in [0.29, 0.717) is 22.7 Å². The number of terminal acetylenes is 1. The Hall–Kier alpha value is -3.50. The molecule has 0 spiro atoms. The number of carbonyl (C=O) groups is 3. The Balaban J connectivity index is 2.51. The van der Waals surface area contributed by atoms with E-state index in [-0.39, 0.29) is 5.92 Å². The lowest BCUT2D eigenvalue weighted by molar-refractivity contribution is -0.137. The van der Waals surface area contributed by atoms with E-state index in [0.717, 1.165) is 16.0 Å². The van der Waals surface area contributed by atoms with Gasteiger partial charge in [-0.1, -0.05) is 80.3 Å². The number of halogens is 1. The van der Waals surface area contributed by atoms with Gasteiger partial charge < -0.3 is 15.4 Å². The highest BCUT2D eigenvalue weighted by Crippen LogP contribution is 2.29. The van der Waals surface area contributed by atoms with E-state index in [1.54, 1.807) is 45.0 Å². The van der Waals surface area contributed by atoms with Gasteiger partial charge in [-0.2, -0.15) is 0 Å². The summed E-state index contributed by atoms with van der Waals surface area (Å²) in [7, 11) is 0. The lowest BCUT2D eigenvalue weighted by atomic mass is 9.96. The molecule has 37 heavy (non-hydrogen) atoms. The summed E-state index contributed by atoms with van der Waals surface area (Å²) in [6.07, 6.45) is 5.68. The third-order valence-electron chi connectivity index (χ3n) is 5.90. The van der Waals surface area contributed by atoms with Gasteiger partial charge in [-0.15, -0.1) is 0 Å². The van der Waals surface area contributed by atoms with Gasteiger partial charge in [0.15, 0.2) is 0 Å². The van der Waals surface area contributed by atoms with Gasteiger partial charge in [-0.05, 0) is 57.7 Å². The first kappa shape index (κ1) is 29.7. The second kappa shape index (κ2) is 12.6. The minimum atomic E-state index is -1.18. The topological polar surface area (TPSA) is 87.7 Å². The largest absolute Gasteiger partial charge is 0.444 e. The monoisotopic (exact) mass is 525 g/mol. The van der Waals surface area contributed by atoms with Gasteiger partial charge in [0.05, 0.1) is 10.7 Å². The van der Waals surface area contributed by atoms with Crippen molar-refractivity contribution in [2.45, 2.75) is 72.6 Å². The van der Waals surface area contributed by atoms with E-state index in [9.17, 15) is 14.4 Å². The number of hydrogen-bond acceptors (Lipinski definition) is 4. The lowest BCUT2D eigenvalue weighted by Gasteiger charge is -2.32. The van der Waals surface area contributed by atoms with Crippen molar-refractivity contribution in [2.75, 3.05) is 5.32 Å². The molecule has 2 N–H and O–H groups in total. The standard InChI is InChI=1S/C29H36ClN3O4/c1-9-19(4)24(32-28(36)37-29(6,7)8)27(35)33(10-2)25(21-16-14-18(3)15-17-21)26(34)31-23-20(5)12-11-13-22(23)30/h2,11-17,19,24-25H,9H2,1,3-8H3,(H,31,34)(H,32,36). The zero-order valence-electron chi connectivity index (χ0n) is 22.5. The molecule has 8 heteroatoms. The van der Waals surface area contributed by atoms with Crippen molar-refractivity contribution in [3.63, 3.8) is 0 Å². The highest BCUT2D eigenvalue weighted by molar-refractivity contribution is 6.34. The van der Waals surface area contributed by atoms with Gasteiger partial charge in [-0.25, -0.2) is 4.79 Å². The maximum atomic E-state index is 13.9. The molecule has 0 saturated heterocycles.